The first-order chi connectivity index (χ1) is 35.5. The Bertz CT molecular complexity index is 2510. The van der Waals surface area contributed by atoms with Crippen LogP contribution >= 0.6 is 0 Å². The monoisotopic (exact) mass is 1070 g/mol. The Morgan fingerprint density at radius 3 is 1.70 bits per heavy atom. The van der Waals surface area contributed by atoms with Crippen molar-refractivity contribution >= 4 is 43.5 Å². The van der Waals surface area contributed by atoms with Gasteiger partial charge >= 0.3 is 428 Å². The van der Waals surface area contributed by atoms with E-state index in [4.69, 9.17) is 52.1 Å². The molecule has 3 heterocycles. The molecule has 3 fully saturated rings. The van der Waals surface area contributed by atoms with Crippen LogP contribution in [-0.2, 0) is 92.9 Å². The Morgan fingerprint density at radius 2 is 1.15 bits per heavy atom. The standard InChI is InChI=1S/C57H62O15Se/c1-38(58)63-36-49(67-39(2)59)53(68-40(3)60)54-52-47(70-56(61)71-52)30-57(72-54,37-73-45-27-17-8-18-28-45)29-46-50(64-32-42-21-11-5-12-22-42)48(35-62-31-41-19-9-4-10-20-41)69-55(66-34-44-25-15-7-16-26-44)51(46)65-33-43-23-13-6-14-24-43/h4-28,46-55H,29-37H2,1-3H3/t46-,47-,48+,49+,50+,51+,52-,53+,54+,55+,57+/m0/s1. The second kappa shape index (κ2) is 26.3. The fourth-order valence-corrected chi connectivity index (χ4v) is 11.8. The van der Waals surface area contributed by atoms with Gasteiger partial charge < -0.3 is 0 Å². The fraction of sp³-hybridized carbons (Fsp3) is 0.404. The summed E-state index contributed by atoms with van der Waals surface area (Å²) in [5.41, 5.74) is 2.51. The van der Waals surface area contributed by atoms with Crippen LogP contribution in [0.1, 0.15) is 55.9 Å². The van der Waals surface area contributed by atoms with Gasteiger partial charge in [-0.1, -0.05) is 6.07 Å². The van der Waals surface area contributed by atoms with Crippen LogP contribution in [0.4, 0.5) is 4.79 Å². The molecule has 11 atom stereocenters. The molecular formula is C57H62O15Se. The molecule has 0 radical (unpaired) electrons. The van der Waals surface area contributed by atoms with Crippen molar-refractivity contribution in [1.29, 1.82) is 0 Å². The van der Waals surface area contributed by atoms with Crippen molar-refractivity contribution < 1.29 is 71.3 Å². The van der Waals surface area contributed by atoms with Gasteiger partial charge in [0.2, 0.25) is 0 Å². The molecule has 0 amide bonds. The molecule has 15 nitrogen and oxygen atoms in total. The minimum absolute atomic E-state index is 0.108. The minimum atomic E-state index is -1.45. The van der Waals surface area contributed by atoms with Gasteiger partial charge in [0.15, 0.2) is 0 Å². The van der Waals surface area contributed by atoms with Crippen LogP contribution in [-0.4, -0.2) is 113 Å². The molecule has 0 saturated carbocycles. The molecular weight excluding hydrogens is 1000 g/mol. The van der Waals surface area contributed by atoms with Crippen LogP contribution in [0.2, 0.25) is 5.32 Å². The molecule has 5 aromatic rings. The van der Waals surface area contributed by atoms with Gasteiger partial charge in [-0.2, -0.15) is 0 Å². The van der Waals surface area contributed by atoms with Crippen molar-refractivity contribution in [3.63, 3.8) is 0 Å². The Balaban J connectivity index is 1.26. The number of hydrogen-bond acceptors (Lipinski definition) is 15. The molecule has 8 rings (SSSR count). The summed E-state index contributed by atoms with van der Waals surface area (Å²) in [6.07, 6.45) is -10.0. The third-order valence-corrected chi connectivity index (χ3v) is 15.4. The van der Waals surface area contributed by atoms with Crippen LogP contribution < -0.4 is 4.46 Å². The second-order valence-electron chi connectivity index (χ2n) is 18.3. The van der Waals surface area contributed by atoms with Crippen LogP contribution in [0, 0.1) is 5.92 Å². The van der Waals surface area contributed by atoms with Gasteiger partial charge in [-0.3, -0.25) is 0 Å². The van der Waals surface area contributed by atoms with Crippen LogP contribution in [0.3, 0.4) is 0 Å². The maximum atomic E-state index is 13.3. The number of ether oxygens (including phenoxy) is 11. The predicted molar refractivity (Wildman–Crippen MR) is 266 cm³/mol. The number of rotatable bonds is 24. The third-order valence-electron chi connectivity index (χ3n) is 12.8. The van der Waals surface area contributed by atoms with E-state index < -0.39 is 97.3 Å². The van der Waals surface area contributed by atoms with Crippen molar-refractivity contribution in [2.45, 2.75) is 126 Å². The second-order valence-corrected chi connectivity index (χ2v) is 20.5. The van der Waals surface area contributed by atoms with Gasteiger partial charge in [0.1, 0.15) is 0 Å². The quantitative estimate of drug-likeness (QED) is 0.0336. The summed E-state index contributed by atoms with van der Waals surface area (Å²) in [4.78, 5) is 51.4. The van der Waals surface area contributed by atoms with E-state index in [2.05, 4.69) is 0 Å². The number of carbonyl (C=O) groups excluding carboxylic acids is 4. The number of esters is 3. The summed E-state index contributed by atoms with van der Waals surface area (Å²) < 4.78 is 72.1. The topological polar surface area (TPSA) is 170 Å². The molecule has 0 aliphatic carbocycles. The Morgan fingerprint density at radius 1 is 0.630 bits per heavy atom. The van der Waals surface area contributed by atoms with Crippen molar-refractivity contribution in [2.24, 2.45) is 5.92 Å². The van der Waals surface area contributed by atoms with E-state index in [0.29, 0.717) is 11.9 Å². The van der Waals surface area contributed by atoms with Crippen LogP contribution in [0.5, 0.6) is 0 Å². The van der Waals surface area contributed by atoms with Crippen LogP contribution in [0.15, 0.2) is 152 Å². The zero-order valence-corrected chi connectivity index (χ0v) is 42.8. The number of benzene rings is 5. The van der Waals surface area contributed by atoms with E-state index in [9.17, 15) is 19.2 Å². The van der Waals surface area contributed by atoms with E-state index in [1.165, 1.54) is 20.8 Å². The Labute approximate surface area is 432 Å². The van der Waals surface area contributed by atoms with E-state index in [1.54, 1.807) is 0 Å². The average Bonchev–Trinajstić information content (AvgIpc) is 3.78. The van der Waals surface area contributed by atoms with E-state index in [1.807, 2.05) is 152 Å². The van der Waals surface area contributed by atoms with Crippen molar-refractivity contribution in [1.82, 2.24) is 0 Å². The van der Waals surface area contributed by atoms with E-state index >= 15 is 0 Å². The first-order valence-electron chi connectivity index (χ1n) is 24.5. The molecule has 0 unspecified atom stereocenters. The molecule has 5 aromatic carbocycles. The molecule has 0 N–H and O–H groups in total. The van der Waals surface area contributed by atoms with Gasteiger partial charge in [-0.05, 0) is 0 Å². The molecule has 0 spiro atoms. The van der Waals surface area contributed by atoms with Gasteiger partial charge in [0.05, 0.1) is 0 Å². The van der Waals surface area contributed by atoms with Crippen molar-refractivity contribution in [3.05, 3.63) is 174 Å². The molecule has 0 aromatic heterocycles. The van der Waals surface area contributed by atoms with Crippen molar-refractivity contribution in [2.75, 3.05) is 13.2 Å². The molecule has 73 heavy (non-hydrogen) atoms. The SMILES string of the molecule is CC(=O)OC[C@@H](OC(C)=O)[C@@H](OC(C)=O)[C@@H]1O[C@](C[Se]c2ccccc2)(C[C@H]2[C@@H](OCc3ccccc3)[C@@H](COCc3ccccc3)O[C@@H](OCc3ccccc3)[C@@H]2OCc2ccccc2)C[C@@H]2OC(=O)O[C@H]12. The molecule has 3 aliphatic rings. The third kappa shape index (κ3) is 15.3. The normalized spacial score (nSPS) is 25.3. The summed E-state index contributed by atoms with van der Waals surface area (Å²) in [6, 6.07) is 49.3. The summed E-state index contributed by atoms with van der Waals surface area (Å²) in [7, 11) is 0. The number of hydrogen-bond donors (Lipinski definition) is 0. The fourth-order valence-electron chi connectivity index (χ4n) is 9.54. The Kier molecular flexibility index (Phi) is 19.2. The zero-order valence-electron chi connectivity index (χ0n) is 41.1. The summed E-state index contributed by atoms with van der Waals surface area (Å²) in [5.74, 6) is -2.75. The van der Waals surface area contributed by atoms with E-state index in [-0.39, 0.29) is 54.2 Å². The molecule has 16 heteroatoms. The molecule has 3 saturated heterocycles. The first kappa shape index (κ1) is 53.4. The van der Waals surface area contributed by atoms with Gasteiger partial charge in [0, 0.05) is 0 Å². The number of carbonyl (C=O) groups is 4. The summed E-state index contributed by atoms with van der Waals surface area (Å²) >= 11 is -0.278. The summed E-state index contributed by atoms with van der Waals surface area (Å²) in [5, 5.41) is 0.398. The molecule has 0 bridgehead atoms. The van der Waals surface area contributed by atoms with Gasteiger partial charge in [0.25, 0.3) is 0 Å². The summed E-state index contributed by atoms with van der Waals surface area (Å²) in [6.45, 7) is 4.10. The zero-order chi connectivity index (χ0) is 51.0. The Hall–Kier alpha value is -5.94. The van der Waals surface area contributed by atoms with Crippen molar-refractivity contribution in [3.8, 4) is 0 Å². The number of fused-ring (bicyclic) bond motifs is 1. The first-order valence-corrected chi connectivity index (χ1v) is 26.5. The average molecular weight is 1070 g/mol. The predicted octanol–water partition coefficient (Wildman–Crippen LogP) is 7.63. The molecule has 3 aliphatic heterocycles. The van der Waals surface area contributed by atoms with Gasteiger partial charge in [-0.25, -0.2) is 0 Å². The van der Waals surface area contributed by atoms with Crippen LogP contribution in [0.25, 0.3) is 0 Å². The van der Waals surface area contributed by atoms with Gasteiger partial charge in [-0.15, -0.1) is 0 Å². The maximum absolute atomic E-state index is 13.3. The van der Waals surface area contributed by atoms with E-state index in [0.717, 1.165) is 26.7 Å². The molecule has 386 valence electrons.